The molecule has 108 valence electrons. The van der Waals surface area contributed by atoms with Crippen molar-refractivity contribution >= 4 is 21.7 Å². The topological polar surface area (TPSA) is 38.1 Å². The number of carbonyl (C=O) groups is 1. The Morgan fingerprint density at radius 1 is 1.37 bits per heavy atom. The molecule has 1 heterocycles. The van der Waals surface area contributed by atoms with Crippen molar-refractivity contribution in [1.29, 1.82) is 0 Å². The van der Waals surface area contributed by atoms with E-state index in [1.807, 2.05) is 23.7 Å². The molecule has 1 aromatic rings. The third-order valence-electron chi connectivity index (χ3n) is 3.89. The maximum absolute atomic E-state index is 13.0. The zero-order chi connectivity index (χ0) is 14.6. The van der Waals surface area contributed by atoms with E-state index in [2.05, 4.69) is 41.8 Å². The smallest absolute Gasteiger partial charge is 0.202 e. The predicted molar refractivity (Wildman–Crippen MR) is 81.5 cm³/mol. The van der Waals surface area contributed by atoms with E-state index in [-0.39, 0.29) is 5.78 Å². The van der Waals surface area contributed by atoms with E-state index >= 15 is 0 Å². The van der Waals surface area contributed by atoms with Crippen LogP contribution in [0.1, 0.15) is 50.5 Å². The zero-order valence-electron chi connectivity index (χ0n) is 12.5. The van der Waals surface area contributed by atoms with E-state index in [0.29, 0.717) is 5.69 Å². The third-order valence-corrected chi connectivity index (χ3v) is 4.47. The number of aryl methyl sites for hydroxylation is 1. The maximum atomic E-state index is 13.0. The van der Waals surface area contributed by atoms with Gasteiger partial charge in [-0.05, 0) is 49.3 Å². The first-order valence-corrected chi connectivity index (χ1v) is 7.67. The van der Waals surface area contributed by atoms with Crippen molar-refractivity contribution in [3.8, 4) is 0 Å². The molecule has 0 aliphatic rings. The lowest BCUT2D eigenvalue weighted by Crippen LogP contribution is -2.51. The fourth-order valence-electron chi connectivity index (χ4n) is 2.60. The van der Waals surface area contributed by atoms with Crippen LogP contribution in [0.2, 0.25) is 0 Å². The van der Waals surface area contributed by atoms with Gasteiger partial charge in [0.2, 0.25) is 5.78 Å². The fourth-order valence-corrected chi connectivity index (χ4v) is 3.07. The fraction of sp³-hybridized carbons (Fsp3) is 0.714. The van der Waals surface area contributed by atoms with Crippen LogP contribution in [-0.4, -0.2) is 40.1 Å². The van der Waals surface area contributed by atoms with Crippen LogP contribution in [-0.2, 0) is 6.54 Å². The molecule has 0 aliphatic heterocycles. The maximum Gasteiger partial charge on any atom is 0.202 e. The summed E-state index contributed by atoms with van der Waals surface area (Å²) in [4.78, 5) is 15.0. The second-order valence-corrected chi connectivity index (χ2v) is 5.88. The number of Topliss-reactive ketones (excluding diaryl/α,β-unsaturated/α-hetero) is 1. The highest BCUT2D eigenvalue weighted by Gasteiger charge is 2.40. The number of halogens is 1. The number of hydrogen-bond donors (Lipinski definition) is 0. The molecule has 0 spiro atoms. The van der Waals surface area contributed by atoms with Crippen molar-refractivity contribution < 1.29 is 4.79 Å². The minimum atomic E-state index is -0.450. The van der Waals surface area contributed by atoms with Gasteiger partial charge in [0.25, 0.3) is 0 Å². The normalized spacial score (nSPS) is 12.2. The molecule has 0 aromatic carbocycles. The van der Waals surface area contributed by atoms with Gasteiger partial charge >= 0.3 is 0 Å². The highest BCUT2D eigenvalue weighted by atomic mass is 79.9. The molecule has 0 aliphatic carbocycles. The van der Waals surface area contributed by atoms with Gasteiger partial charge in [0.1, 0.15) is 5.69 Å². The molecule has 4 nitrogen and oxygen atoms in total. The van der Waals surface area contributed by atoms with Gasteiger partial charge in [0.05, 0.1) is 16.2 Å². The molecule has 5 heteroatoms. The molecular formula is C14H24BrN3O. The first kappa shape index (κ1) is 16.4. The summed E-state index contributed by atoms with van der Waals surface area (Å²) in [7, 11) is 3.94. The number of ketones is 1. The highest BCUT2D eigenvalue weighted by molar-refractivity contribution is 9.10. The van der Waals surface area contributed by atoms with Gasteiger partial charge in [-0.25, -0.2) is 0 Å². The van der Waals surface area contributed by atoms with E-state index < -0.39 is 5.54 Å². The Morgan fingerprint density at radius 3 is 2.37 bits per heavy atom. The summed E-state index contributed by atoms with van der Waals surface area (Å²) in [5.41, 5.74) is 0.243. The Hall–Kier alpha value is -0.680. The minimum absolute atomic E-state index is 0.153. The van der Waals surface area contributed by atoms with Gasteiger partial charge in [-0.2, -0.15) is 5.10 Å². The van der Waals surface area contributed by atoms with Crippen molar-refractivity contribution in [2.75, 3.05) is 14.1 Å². The van der Waals surface area contributed by atoms with E-state index in [1.54, 1.807) is 6.20 Å². The Labute approximate surface area is 124 Å². The minimum Gasteiger partial charge on any atom is -0.297 e. The third kappa shape index (κ3) is 2.92. The Bertz CT molecular complexity index is 436. The number of carbonyl (C=O) groups excluding carboxylic acids is 1. The molecule has 0 fully saturated rings. The summed E-state index contributed by atoms with van der Waals surface area (Å²) < 4.78 is 2.61. The van der Waals surface area contributed by atoms with Gasteiger partial charge in [0, 0.05) is 6.54 Å². The first-order valence-electron chi connectivity index (χ1n) is 6.88. The quantitative estimate of drug-likeness (QED) is 0.720. The number of aromatic nitrogens is 2. The molecule has 0 atom stereocenters. The molecule has 0 saturated carbocycles. The Balaban J connectivity index is 3.28. The van der Waals surface area contributed by atoms with Crippen LogP contribution < -0.4 is 0 Å². The second kappa shape index (κ2) is 6.66. The SMILES string of the molecule is CCCn1ncc(Br)c1C(=O)C(CC)(CC)N(C)C. The van der Waals surface area contributed by atoms with Gasteiger partial charge in [0.15, 0.2) is 0 Å². The van der Waals surface area contributed by atoms with Crippen LogP contribution >= 0.6 is 15.9 Å². The van der Waals surface area contributed by atoms with Crippen LogP contribution in [0.25, 0.3) is 0 Å². The molecule has 1 aromatic heterocycles. The molecule has 0 amide bonds. The summed E-state index contributed by atoms with van der Waals surface area (Å²) >= 11 is 3.47. The molecule has 0 saturated heterocycles. The number of nitrogens with zero attached hydrogens (tertiary/aromatic N) is 3. The predicted octanol–water partition coefficient (Wildman–Crippen LogP) is 3.36. The average molecular weight is 330 g/mol. The average Bonchev–Trinajstić information content (AvgIpc) is 2.72. The Kier molecular flexibility index (Phi) is 5.74. The van der Waals surface area contributed by atoms with Gasteiger partial charge in [-0.3, -0.25) is 14.4 Å². The van der Waals surface area contributed by atoms with Gasteiger partial charge in [-0.1, -0.05) is 20.8 Å². The van der Waals surface area contributed by atoms with Crippen LogP contribution in [0.3, 0.4) is 0 Å². The van der Waals surface area contributed by atoms with Crippen molar-refractivity contribution in [1.82, 2.24) is 14.7 Å². The van der Waals surface area contributed by atoms with E-state index in [4.69, 9.17) is 0 Å². The van der Waals surface area contributed by atoms with E-state index in [0.717, 1.165) is 30.3 Å². The lowest BCUT2D eigenvalue weighted by Gasteiger charge is -2.37. The van der Waals surface area contributed by atoms with Gasteiger partial charge in [-0.15, -0.1) is 0 Å². The molecule has 0 unspecified atom stereocenters. The standard InChI is InChI=1S/C14H24BrN3O/c1-6-9-18-12(11(15)10-16-18)13(19)14(7-2,8-3)17(4)5/h10H,6-9H2,1-5H3. The lowest BCUT2D eigenvalue weighted by molar-refractivity contribution is 0.0643. The van der Waals surface area contributed by atoms with Crippen molar-refractivity contribution in [2.45, 2.75) is 52.1 Å². The summed E-state index contributed by atoms with van der Waals surface area (Å²) in [6.07, 6.45) is 4.26. The van der Waals surface area contributed by atoms with E-state index in [9.17, 15) is 4.79 Å². The monoisotopic (exact) mass is 329 g/mol. The summed E-state index contributed by atoms with van der Waals surface area (Å²) in [6.45, 7) is 6.98. The van der Waals surface area contributed by atoms with E-state index in [1.165, 1.54) is 0 Å². The number of rotatable bonds is 7. The second-order valence-electron chi connectivity index (χ2n) is 5.03. The zero-order valence-corrected chi connectivity index (χ0v) is 14.1. The van der Waals surface area contributed by atoms with Crippen molar-refractivity contribution in [3.05, 3.63) is 16.4 Å². The number of hydrogen-bond acceptors (Lipinski definition) is 3. The van der Waals surface area contributed by atoms with Crippen LogP contribution in [0.4, 0.5) is 0 Å². The molecule has 19 heavy (non-hydrogen) atoms. The summed E-state index contributed by atoms with van der Waals surface area (Å²) in [5.74, 6) is 0.153. The highest BCUT2D eigenvalue weighted by Crippen LogP contribution is 2.29. The Morgan fingerprint density at radius 2 is 1.95 bits per heavy atom. The molecular weight excluding hydrogens is 306 g/mol. The summed E-state index contributed by atoms with van der Waals surface area (Å²) in [6, 6.07) is 0. The van der Waals surface area contributed by atoms with Crippen molar-refractivity contribution in [3.63, 3.8) is 0 Å². The molecule has 0 N–H and O–H groups in total. The van der Waals surface area contributed by atoms with Crippen LogP contribution in [0, 0.1) is 0 Å². The summed E-state index contributed by atoms with van der Waals surface area (Å²) in [5, 5.41) is 4.30. The molecule has 1 rings (SSSR count). The van der Waals surface area contributed by atoms with Crippen LogP contribution in [0.15, 0.2) is 10.7 Å². The first-order chi connectivity index (χ1) is 8.94. The largest absolute Gasteiger partial charge is 0.297 e. The molecule has 0 radical (unpaired) electrons. The van der Waals surface area contributed by atoms with Crippen LogP contribution in [0.5, 0.6) is 0 Å². The molecule has 0 bridgehead atoms. The van der Waals surface area contributed by atoms with Gasteiger partial charge < -0.3 is 0 Å². The van der Waals surface area contributed by atoms with Crippen molar-refractivity contribution in [2.24, 2.45) is 0 Å². The number of likely N-dealkylation sites (N-methyl/N-ethyl adjacent to an activating group) is 1. The lowest BCUT2D eigenvalue weighted by atomic mass is 9.85.